The Bertz CT molecular complexity index is 1040. The number of carbonyl (C=O) groups excluding carboxylic acids is 1. The molecule has 0 spiro atoms. The molecule has 0 aliphatic carbocycles. The molecule has 166 valence electrons. The number of piperidine rings is 1. The summed E-state index contributed by atoms with van der Waals surface area (Å²) in [7, 11) is 0. The summed E-state index contributed by atoms with van der Waals surface area (Å²) in [5.41, 5.74) is 4.22. The number of H-pyrrole nitrogens is 1. The Morgan fingerprint density at radius 1 is 1.06 bits per heavy atom. The summed E-state index contributed by atoms with van der Waals surface area (Å²) >= 11 is 0. The number of carbonyl (C=O) groups is 1. The Morgan fingerprint density at radius 3 is 2.75 bits per heavy atom. The van der Waals surface area contributed by atoms with Crippen molar-refractivity contribution in [3.63, 3.8) is 0 Å². The third-order valence-electron chi connectivity index (χ3n) is 6.63. The zero-order valence-electron chi connectivity index (χ0n) is 18.4. The summed E-state index contributed by atoms with van der Waals surface area (Å²) in [5, 5.41) is 7.56. The van der Waals surface area contributed by atoms with Crippen LogP contribution in [0.15, 0.2) is 48.8 Å². The normalized spacial score (nSPS) is 18.8. The van der Waals surface area contributed by atoms with Crippen molar-refractivity contribution in [2.24, 2.45) is 0 Å². The molecule has 0 radical (unpaired) electrons. The van der Waals surface area contributed by atoms with Crippen molar-refractivity contribution in [2.45, 2.75) is 44.4 Å². The minimum absolute atomic E-state index is 0.234. The van der Waals surface area contributed by atoms with Crippen molar-refractivity contribution >= 4 is 11.9 Å². The van der Waals surface area contributed by atoms with Crippen LogP contribution in [0.25, 0.3) is 11.3 Å². The molecule has 4 heterocycles. The lowest BCUT2D eigenvalue weighted by Crippen LogP contribution is -2.39. The fourth-order valence-electron chi connectivity index (χ4n) is 4.87. The minimum Gasteiger partial charge on any atom is -0.342 e. The number of nitrogens with zero attached hydrogens (tertiary/aromatic N) is 5. The quantitative estimate of drug-likeness (QED) is 0.643. The molecule has 32 heavy (non-hydrogen) atoms. The van der Waals surface area contributed by atoms with E-state index in [1.165, 1.54) is 18.4 Å². The van der Waals surface area contributed by atoms with E-state index in [0.717, 1.165) is 68.3 Å². The fraction of sp³-hybridized carbons (Fsp3) is 0.440. The maximum absolute atomic E-state index is 12.9. The summed E-state index contributed by atoms with van der Waals surface area (Å²) in [4.78, 5) is 26.5. The van der Waals surface area contributed by atoms with Crippen LogP contribution < -0.4 is 4.90 Å². The predicted molar refractivity (Wildman–Crippen MR) is 124 cm³/mol. The van der Waals surface area contributed by atoms with Crippen LogP contribution in [-0.4, -0.2) is 57.2 Å². The van der Waals surface area contributed by atoms with Gasteiger partial charge in [0, 0.05) is 56.0 Å². The van der Waals surface area contributed by atoms with Crippen LogP contribution in [0.2, 0.25) is 0 Å². The molecule has 1 aromatic carbocycles. The molecule has 2 aliphatic rings. The summed E-state index contributed by atoms with van der Waals surface area (Å²) < 4.78 is 0. The Labute approximate surface area is 188 Å². The van der Waals surface area contributed by atoms with Gasteiger partial charge >= 0.3 is 0 Å². The van der Waals surface area contributed by atoms with E-state index in [0.29, 0.717) is 6.42 Å². The zero-order valence-corrected chi connectivity index (χ0v) is 18.4. The molecule has 0 unspecified atom stereocenters. The second kappa shape index (κ2) is 9.51. The van der Waals surface area contributed by atoms with Gasteiger partial charge in [-0.15, -0.1) is 0 Å². The molecule has 2 aliphatic heterocycles. The van der Waals surface area contributed by atoms with Gasteiger partial charge in [0.1, 0.15) is 0 Å². The smallest absolute Gasteiger partial charge is 0.225 e. The number of likely N-dealkylation sites (tertiary alicyclic amines) is 1. The van der Waals surface area contributed by atoms with Gasteiger partial charge in [-0.3, -0.25) is 9.89 Å². The van der Waals surface area contributed by atoms with E-state index in [4.69, 9.17) is 4.98 Å². The average molecular weight is 431 g/mol. The molecule has 1 amide bonds. The highest BCUT2D eigenvalue weighted by molar-refractivity contribution is 5.76. The molecule has 7 heteroatoms. The van der Waals surface area contributed by atoms with Crippen LogP contribution >= 0.6 is 0 Å². The zero-order chi connectivity index (χ0) is 21.8. The Kier molecular flexibility index (Phi) is 6.14. The standard InChI is InChI=1S/C25H30N6O/c32-23(11-10-19-7-2-1-3-8-19)31-16-6-9-20(18-31)24-21(17-27-29-24)22-12-13-26-25(28-22)30-14-4-5-15-30/h1-3,7-8,12-13,17,20H,4-6,9-11,14-16,18H2,(H,27,29)/t20-/m0/s1. The van der Waals surface area contributed by atoms with Crippen LogP contribution in [0.1, 0.15) is 49.3 Å². The topological polar surface area (TPSA) is 78.0 Å². The Morgan fingerprint density at radius 2 is 1.91 bits per heavy atom. The highest BCUT2D eigenvalue weighted by Crippen LogP contribution is 2.33. The van der Waals surface area contributed by atoms with Crippen LogP contribution in [0, 0.1) is 0 Å². The number of aromatic nitrogens is 4. The van der Waals surface area contributed by atoms with Crippen molar-refractivity contribution in [3.8, 4) is 11.3 Å². The van der Waals surface area contributed by atoms with Gasteiger partial charge in [-0.05, 0) is 43.7 Å². The van der Waals surface area contributed by atoms with Crippen molar-refractivity contribution in [1.29, 1.82) is 0 Å². The highest BCUT2D eigenvalue weighted by Gasteiger charge is 2.28. The number of nitrogens with one attached hydrogen (secondary N) is 1. The summed E-state index contributed by atoms with van der Waals surface area (Å²) in [6, 6.07) is 12.2. The lowest BCUT2D eigenvalue weighted by Gasteiger charge is -2.33. The van der Waals surface area contributed by atoms with Crippen LogP contribution in [0.3, 0.4) is 0 Å². The number of anilines is 1. The van der Waals surface area contributed by atoms with Gasteiger partial charge in [-0.1, -0.05) is 30.3 Å². The maximum atomic E-state index is 12.9. The predicted octanol–water partition coefficient (Wildman–Crippen LogP) is 3.81. The second-order valence-corrected chi connectivity index (χ2v) is 8.80. The molecule has 5 rings (SSSR count). The molecule has 1 atom stereocenters. The first-order chi connectivity index (χ1) is 15.8. The van der Waals surface area contributed by atoms with Crippen LogP contribution in [-0.2, 0) is 11.2 Å². The second-order valence-electron chi connectivity index (χ2n) is 8.80. The van der Waals surface area contributed by atoms with Gasteiger partial charge in [-0.25, -0.2) is 9.97 Å². The molecule has 0 saturated carbocycles. The van der Waals surface area contributed by atoms with Gasteiger partial charge < -0.3 is 9.80 Å². The minimum atomic E-state index is 0.234. The lowest BCUT2D eigenvalue weighted by atomic mass is 9.91. The maximum Gasteiger partial charge on any atom is 0.225 e. The van der Waals surface area contributed by atoms with Crippen molar-refractivity contribution in [3.05, 3.63) is 60.0 Å². The van der Waals surface area contributed by atoms with Gasteiger partial charge in [0.2, 0.25) is 11.9 Å². The number of benzene rings is 1. The molecular weight excluding hydrogens is 400 g/mol. The van der Waals surface area contributed by atoms with Crippen LogP contribution in [0.4, 0.5) is 5.95 Å². The number of aryl methyl sites for hydroxylation is 1. The van der Waals surface area contributed by atoms with Crippen LogP contribution in [0.5, 0.6) is 0 Å². The lowest BCUT2D eigenvalue weighted by molar-refractivity contribution is -0.132. The first-order valence-electron chi connectivity index (χ1n) is 11.7. The number of amides is 1. The largest absolute Gasteiger partial charge is 0.342 e. The highest BCUT2D eigenvalue weighted by atomic mass is 16.2. The number of rotatable bonds is 6. The molecule has 7 nitrogen and oxygen atoms in total. The Hall–Kier alpha value is -3.22. The van der Waals surface area contributed by atoms with Crippen molar-refractivity contribution in [1.82, 2.24) is 25.1 Å². The van der Waals surface area contributed by atoms with Gasteiger partial charge in [0.15, 0.2) is 0 Å². The SMILES string of the molecule is O=C(CCc1ccccc1)N1CCC[C@H](c2[nH]ncc2-c2ccnc(N3CCCC3)n2)C1. The van der Waals surface area contributed by atoms with Gasteiger partial charge in [0.25, 0.3) is 0 Å². The van der Waals surface area contributed by atoms with Gasteiger partial charge in [-0.2, -0.15) is 5.10 Å². The van der Waals surface area contributed by atoms with Crippen molar-refractivity contribution < 1.29 is 4.79 Å². The molecule has 1 N–H and O–H groups in total. The molecule has 0 bridgehead atoms. The molecular formula is C25H30N6O. The third kappa shape index (κ3) is 4.52. The molecule has 2 fully saturated rings. The fourth-order valence-corrected chi connectivity index (χ4v) is 4.87. The Balaban J connectivity index is 1.28. The number of hydrogen-bond acceptors (Lipinski definition) is 5. The number of aromatic amines is 1. The van der Waals surface area contributed by atoms with E-state index >= 15 is 0 Å². The van der Waals surface area contributed by atoms with E-state index in [2.05, 4.69) is 32.2 Å². The molecule has 2 saturated heterocycles. The van der Waals surface area contributed by atoms with E-state index in [9.17, 15) is 4.79 Å². The average Bonchev–Trinajstić information content (AvgIpc) is 3.56. The van der Waals surface area contributed by atoms with E-state index in [1.54, 1.807) is 0 Å². The number of hydrogen-bond donors (Lipinski definition) is 1. The van der Waals surface area contributed by atoms with E-state index in [1.807, 2.05) is 41.6 Å². The van der Waals surface area contributed by atoms with E-state index in [-0.39, 0.29) is 11.8 Å². The molecule has 2 aromatic heterocycles. The first-order valence-corrected chi connectivity index (χ1v) is 11.7. The summed E-state index contributed by atoms with van der Waals surface area (Å²) in [5.74, 6) is 1.28. The third-order valence-corrected chi connectivity index (χ3v) is 6.63. The monoisotopic (exact) mass is 430 g/mol. The first kappa shape index (κ1) is 20.7. The van der Waals surface area contributed by atoms with E-state index < -0.39 is 0 Å². The summed E-state index contributed by atoms with van der Waals surface area (Å²) in [6.45, 7) is 3.60. The summed E-state index contributed by atoms with van der Waals surface area (Å²) in [6.07, 6.45) is 9.48. The molecule has 3 aromatic rings. The van der Waals surface area contributed by atoms with Crippen molar-refractivity contribution in [2.75, 3.05) is 31.1 Å². The van der Waals surface area contributed by atoms with Gasteiger partial charge in [0.05, 0.1) is 11.9 Å².